The lowest BCUT2D eigenvalue weighted by atomic mass is 10.2. The number of aldehydes is 1. The number of carbonyl (C=O) groups is 3. The van der Waals surface area contributed by atoms with Gasteiger partial charge in [0.2, 0.25) is 11.8 Å². The maximum Gasteiger partial charge on any atom is 0.246 e. The molecule has 0 atom stereocenters. The number of allylic oxidation sites excluding steroid dienone is 1. The molecule has 0 fully saturated rings. The lowest BCUT2D eigenvalue weighted by molar-refractivity contribution is -0.126. The first-order chi connectivity index (χ1) is 8.61. The average Bonchev–Trinajstić information content (AvgIpc) is 2.38. The Morgan fingerprint density at radius 2 is 2.00 bits per heavy atom. The van der Waals surface area contributed by atoms with Crippen molar-refractivity contribution in [3.8, 4) is 0 Å². The minimum atomic E-state index is -0.277. The third kappa shape index (κ3) is 8.50. The van der Waals surface area contributed by atoms with Gasteiger partial charge in [0.05, 0.1) is 0 Å². The van der Waals surface area contributed by atoms with Crippen molar-refractivity contribution in [2.24, 2.45) is 0 Å². The number of carbonyl (C=O) groups excluding carboxylic acids is 3. The molecule has 0 aromatic heterocycles. The highest BCUT2D eigenvalue weighted by atomic mass is 16.2. The summed E-state index contributed by atoms with van der Waals surface area (Å²) in [4.78, 5) is 34.2. The molecule has 0 aromatic carbocycles. The molecule has 0 spiro atoms. The molecule has 0 aliphatic heterocycles. The zero-order valence-electron chi connectivity index (χ0n) is 11.1. The third-order valence-electron chi connectivity index (χ3n) is 2.47. The lowest BCUT2D eigenvalue weighted by Crippen LogP contribution is -2.31. The normalized spacial score (nSPS) is 10.3. The first-order valence-corrected chi connectivity index (χ1v) is 6.25. The molecule has 0 unspecified atom stereocenters. The van der Waals surface area contributed by atoms with Gasteiger partial charge in [-0.2, -0.15) is 0 Å². The highest BCUT2D eigenvalue weighted by Crippen LogP contribution is 1.93. The van der Waals surface area contributed by atoms with Crippen LogP contribution in [0, 0.1) is 0 Å². The van der Waals surface area contributed by atoms with Crippen LogP contribution in [0.1, 0.15) is 32.6 Å². The quantitative estimate of drug-likeness (QED) is 0.377. The smallest absolute Gasteiger partial charge is 0.246 e. The number of rotatable bonds is 9. The van der Waals surface area contributed by atoms with Gasteiger partial charge in [0.25, 0.3) is 0 Å². The number of likely N-dealkylation sites (N-methyl/N-ethyl adjacent to an activating group) is 1. The Morgan fingerprint density at radius 3 is 2.61 bits per heavy atom. The third-order valence-corrected chi connectivity index (χ3v) is 2.47. The van der Waals surface area contributed by atoms with E-state index in [0.29, 0.717) is 19.4 Å². The van der Waals surface area contributed by atoms with Crippen molar-refractivity contribution < 1.29 is 14.4 Å². The predicted molar refractivity (Wildman–Crippen MR) is 70.0 cm³/mol. The molecular formula is C13H22N2O3. The van der Waals surface area contributed by atoms with Crippen LogP contribution in [0.15, 0.2) is 12.2 Å². The summed E-state index contributed by atoms with van der Waals surface area (Å²) in [6, 6.07) is 0. The first kappa shape index (κ1) is 16.4. The molecule has 0 bridgehead atoms. The second kappa shape index (κ2) is 10.5. The van der Waals surface area contributed by atoms with Crippen LogP contribution in [0.2, 0.25) is 0 Å². The molecule has 18 heavy (non-hydrogen) atoms. The van der Waals surface area contributed by atoms with Gasteiger partial charge in [0.15, 0.2) is 0 Å². The van der Waals surface area contributed by atoms with Gasteiger partial charge < -0.3 is 10.2 Å². The van der Waals surface area contributed by atoms with Gasteiger partial charge in [-0.3, -0.25) is 14.4 Å². The molecule has 0 heterocycles. The van der Waals surface area contributed by atoms with Gasteiger partial charge in [-0.25, -0.2) is 0 Å². The van der Waals surface area contributed by atoms with E-state index in [1.54, 1.807) is 7.05 Å². The van der Waals surface area contributed by atoms with Crippen molar-refractivity contribution in [3.05, 3.63) is 12.2 Å². The van der Waals surface area contributed by atoms with Gasteiger partial charge in [0, 0.05) is 32.6 Å². The fraction of sp³-hybridized carbons (Fsp3) is 0.615. The molecule has 0 rings (SSSR count). The predicted octanol–water partition coefficient (Wildman–Crippen LogP) is 0.896. The van der Waals surface area contributed by atoms with Crippen molar-refractivity contribution in [3.63, 3.8) is 0 Å². The van der Waals surface area contributed by atoms with Gasteiger partial charge in [-0.1, -0.05) is 19.8 Å². The summed E-state index contributed by atoms with van der Waals surface area (Å²) in [5, 5.41) is 2.80. The summed E-state index contributed by atoms with van der Waals surface area (Å²) >= 11 is 0. The molecule has 0 saturated heterocycles. The Labute approximate surface area is 108 Å². The number of amides is 2. The van der Waals surface area contributed by atoms with E-state index in [0.717, 1.165) is 25.3 Å². The van der Waals surface area contributed by atoms with Crippen LogP contribution in [0.4, 0.5) is 0 Å². The van der Waals surface area contributed by atoms with Crippen molar-refractivity contribution in [1.82, 2.24) is 10.2 Å². The minimum Gasteiger partial charge on any atom is -0.356 e. The molecule has 2 amide bonds. The molecule has 5 nitrogen and oxygen atoms in total. The van der Waals surface area contributed by atoms with Crippen molar-refractivity contribution in [1.29, 1.82) is 0 Å². The van der Waals surface area contributed by atoms with E-state index in [2.05, 4.69) is 12.2 Å². The second-order valence-electron chi connectivity index (χ2n) is 4.06. The highest BCUT2D eigenvalue weighted by Gasteiger charge is 2.07. The maximum absolute atomic E-state index is 11.4. The van der Waals surface area contributed by atoms with Crippen molar-refractivity contribution in [2.45, 2.75) is 32.6 Å². The Morgan fingerprint density at radius 1 is 1.28 bits per heavy atom. The summed E-state index contributed by atoms with van der Waals surface area (Å²) in [6.07, 6.45) is 6.37. The molecule has 5 heteroatoms. The summed E-state index contributed by atoms with van der Waals surface area (Å²) < 4.78 is 0. The maximum atomic E-state index is 11.4. The van der Waals surface area contributed by atoms with Gasteiger partial charge >= 0.3 is 0 Å². The van der Waals surface area contributed by atoms with E-state index in [9.17, 15) is 14.4 Å². The number of nitrogens with one attached hydrogen (secondary N) is 1. The number of unbranched alkanes of at least 4 members (excludes halogenated alkanes) is 2. The Bertz CT molecular complexity index is 301. The number of nitrogens with zero attached hydrogens (tertiary/aromatic N) is 1. The standard InChI is InChI=1S/C13H22N2O3/c1-3-4-5-9-14-12(17)8-10-15(2)13(18)7-6-11-16/h6-7,11H,3-5,8-10H2,1-2H3,(H,14,17)/b7-6-. The minimum absolute atomic E-state index is 0.0508. The largest absolute Gasteiger partial charge is 0.356 e. The van der Waals surface area contributed by atoms with Gasteiger partial charge in [0.1, 0.15) is 6.29 Å². The van der Waals surface area contributed by atoms with Crippen LogP contribution in [-0.2, 0) is 14.4 Å². The fourth-order valence-electron chi connectivity index (χ4n) is 1.32. The van der Waals surface area contributed by atoms with Crippen LogP contribution in [0.3, 0.4) is 0 Å². The summed E-state index contributed by atoms with van der Waals surface area (Å²) in [6.45, 7) is 3.15. The summed E-state index contributed by atoms with van der Waals surface area (Å²) in [7, 11) is 1.60. The van der Waals surface area contributed by atoms with E-state index in [4.69, 9.17) is 0 Å². The van der Waals surface area contributed by atoms with E-state index < -0.39 is 0 Å². The zero-order valence-corrected chi connectivity index (χ0v) is 11.1. The van der Waals surface area contributed by atoms with Crippen LogP contribution < -0.4 is 5.32 Å². The van der Waals surface area contributed by atoms with E-state index in [1.165, 1.54) is 11.0 Å². The van der Waals surface area contributed by atoms with Crippen molar-refractivity contribution >= 4 is 18.1 Å². The monoisotopic (exact) mass is 254 g/mol. The molecule has 1 N–H and O–H groups in total. The first-order valence-electron chi connectivity index (χ1n) is 6.25. The molecule has 0 aromatic rings. The van der Waals surface area contributed by atoms with E-state index in [-0.39, 0.29) is 18.2 Å². The van der Waals surface area contributed by atoms with E-state index >= 15 is 0 Å². The highest BCUT2D eigenvalue weighted by molar-refractivity contribution is 5.91. The molecule has 0 aliphatic rings. The van der Waals surface area contributed by atoms with Crippen LogP contribution in [0.5, 0.6) is 0 Å². The summed E-state index contributed by atoms with van der Waals surface area (Å²) in [5.74, 6) is -0.328. The van der Waals surface area contributed by atoms with Crippen molar-refractivity contribution in [2.75, 3.05) is 20.1 Å². The van der Waals surface area contributed by atoms with Gasteiger partial charge in [-0.15, -0.1) is 0 Å². The SMILES string of the molecule is CCCCCNC(=O)CCN(C)C(=O)/C=C\C=O. The second-order valence-corrected chi connectivity index (χ2v) is 4.06. The topological polar surface area (TPSA) is 66.5 Å². The van der Waals surface area contributed by atoms with Crippen LogP contribution in [-0.4, -0.2) is 43.1 Å². The number of hydrogen-bond acceptors (Lipinski definition) is 3. The van der Waals surface area contributed by atoms with Crippen LogP contribution >= 0.6 is 0 Å². The Hall–Kier alpha value is -1.65. The Balaban J connectivity index is 3.73. The Kier molecular flexibility index (Phi) is 9.54. The molecule has 0 saturated carbocycles. The zero-order chi connectivity index (χ0) is 13.8. The van der Waals surface area contributed by atoms with E-state index in [1.807, 2.05) is 0 Å². The number of hydrogen-bond donors (Lipinski definition) is 1. The lowest BCUT2D eigenvalue weighted by Gasteiger charge is -2.14. The molecule has 0 radical (unpaired) electrons. The average molecular weight is 254 g/mol. The van der Waals surface area contributed by atoms with Crippen LogP contribution in [0.25, 0.3) is 0 Å². The summed E-state index contributed by atoms with van der Waals surface area (Å²) in [5.41, 5.74) is 0. The molecule has 102 valence electrons. The fourth-order valence-corrected chi connectivity index (χ4v) is 1.32. The van der Waals surface area contributed by atoms with Gasteiger partial charge in [-0.05, 0) is 12.5 Å². The molecular weight excluding hydrogens is 232 g/mol. The molecule has 0 aliphatic carbocycles.